The summed E-state index contributed by atoms with van der Waals surface area (Å²) in [7, 11) is 0. The van der Waals surface area contributed by atoms with Crippen LogP contribution in [-0.2, 0) is 12.8 Å². The summed E-state index contributed by atoms with van der Waals surface area (Å²) in [5.41, 5.74) is 18.0. The minimum atomic E-state index is 0.738. The molecule has 0 aliphatic heterocycles. The lowest BCUT2D eigenvalue weighted by atomic mass is 10.1. The molecule has 0 fully saturated rings. The van der Waals surface area contributed by atoms with E-state index in [9.17, 15) is 0 Å². The van der Waals surface area contributed by atoms with Crippen LogP contribution < -0.4 is 16.3 Å². The van der Waals surface area contributed by atoms with E-state index in [1.807, 2.05) is 18.3 Å². The lowest BCUT2D eigenvalue weighted by Crippen LogP contribution is -2.17. The first-order valence-electron chi connectivity index (χ1n) is 17.1. The first kappa shape index (κ1) is 29.0. The van der Waals surface area contributed by atoms with Crippen LogP contribution in [0.3, 0.4) is 0 Å². The summed E-state index contributed by atoms with van der Waals surface area (Å²) in [5.74, 6) is 0. The Labute approximate surface area is 285 Å². The highest BCUT2D eigenvalue weighted by Crippen LogP contribution is 2.26. The molecule has 0 saturated heterocycles. The Kier molecular flexibility index (Phi) is 7.20. The van der Waals surface area contributed by atoms with Gasteiger partial charge in [0.05, 0.1) is 21.9 Å². The lowest BCUT2D eigenvalue weighted by molar-refractivity contribution is 1.00. The van der Waals surface area contributed by atoms with Gasteiger partial charge in [-0.15, -0.1) is 0 Å². The van der Waals surface area contributed by atoms with Gasteiger partial charge in [-0.05, 0) is 84.5 Å². The summed E-state index contributed by atoms with van der Waals surface area (Å²) in [4.78, 5) is 4.62. The molecule has 0 amide bonds. The molecule has 3 aromatic heterocycles. The Morgan fingerprint density at radius 2 is 1.55 bits per heavy atom. The number of rotatable bonds is 4. The third kappa shape index (κ3) is 5.04. The van der Waals surface area contributed by atoms with Crippen LogP contribution in [0, 0.1) is 10.6 Å². The van der Waals surface area contributed by atoms with Gasteiger partial charge in [0.15, 0.2) is 0 Å². The van der Waals surface area contributed by atoms with E-state index in [2.05, 4.69) is 154 Å². The summed E-state index contributed by atoms with van der Waals surface area (Å²) in [5, 5.41) is 6.27. The minimum absolute atomic E-state index is 0.738. The fourth-order valence-electron chi connectivity index (χ4n) is 7.59. The zero-order valence-electron chi connectivity index (χ0n) is 27.3. The van der Waals surface area contributed by atoms with Crippen molar-refractivity contribution in [3.63, 3.8) is 0 Å². The molecule has 3 aromatic carbocycles. The third-order valence-electron chi connectivity index (χ3n) is 9.88. The van der Waals surface area contributed by atoms with Gasteiger partial charge in [-0.2, -0.15) is 0 Å². The van der Waals surface area contributed by atoms with Crippen LogP contribution in [0.25, 0.3) is 52.3 Å². The predicted molar refractivity (Wildman–Crippen MR) is 203 cm³/mol. The summed E-state index contributed by atoms with van der Waals surface area (Å²) in [6.07, 6.45) is 27.8. The molecule has 6 aromatic rings. The molecule has 4 heteroatoms. The fraction of sp³-hybridized carbons (Fsp3) is 0.0889. The molecule has 0 spiro atoms. The molecule has 49 heavy (non-hydrogen) atoms. The van der Waals surface area contributed by atoms with Crippen LogP contribution in [0.2, 0.25) is 0 Å². The Balaban J connectivity index is 1.23. The molecular formula is C45H36N4. The smallest absolute Gasteiger partial charge is 0.0638 e. The summed E-state index contributed by atoms with van der Waals surface area (Å²) in [6, 6.07) is 32.4. The van der Waals surface area contributed by atoms with E-state index < -0.39 is 0 Å². The highest BCUT2D eigenvalue weighted by atomic mass is 15.0. The highest BCUT2D eigenvalue weighted by Gasteiger charge is 2.19. The van der Waals surface area contributed by atoms with E-state index in [4.69, 9.17) is 5.73 Å². The van der Waals surface area contributed by atoms with Crippen LogP contribution in [0.1, 0.15) is 40.9 Å². The molecule has 9 rings (SSSR count). The molecular weight excluding hydrogens is 597 g/mol. The highest BCUT2D eigenvalue weighted by molar-refractivity contribution is 5.85. The molecule has 0 atom stereocenters. The molecule has 3 heterocycles. The largest absolute Gasteiger partial charge is 0.398 e. The van der Waals surface area contributed by atoms with Crippen LogP contribution in [-0.4, -0.2) is 14.1 Å². The van der Waals surface area contributed by atoms with E-state index in [-0.39, 0.29) is 0 Å². The Bertz CT molecular complexity index is 2640. The predicted octanol–water partition coefficient (Wildman–Crippen LogP) is 8.08. The van der Waals surface area contributed by atoms with Gasteiger partial charge in [0, 0.05) is 56.8 Å². The maximum Gasteiger partial charge on any atom is 0.0638 e. The van der Waals surface area contributed by atoms with Crippen molar-refractivity contribution in [2.24, 2.45) is 5.73 Å². The standard InChI is InChI=1S/C45H36N4/c46-39(28-23-31-12-9-13-33-14-11-29-47-40(33)30-31)32-24-26-35(27-25-32)49-41-21-8-7-17-36(41)37-19-10-22-43-44(45(37)49)38-18-5-2-6-20-42(38)48(43)34-15-3-1-4-16-34/h1,3-9,11-12,14-29H,2,10,13,30,46H2/b31-23-,39-28-. The van der Waals surface area contributed by atoms with E-state index in [0.717, 1.165) is 48.3 Å². The van der Waals surface area contributed by atoms with Crippen molar-refractivity contribution in [1.29, 1.82) is 0 Å². The van der Waals surface area contributed by atoms with Gasteiger partial charge in [-0.1, -0.05) is 103 Å². The van der Waals surface area contributed by atoms with Gasteiger partial charge in [-0.3, -0.25) is 4.98 Å². The molecule has 4 nitrogen and oxygen atoms in total. The minimum Gasteiger partial charge on any atom is -0.398 e. The van der Waals surface area contributed by atoms with Crippen LogP contribution in [0.15, 0.2) is 139 Å². The second-order valence-electron chi connectivity index (χ2n) is 12.8. The number of aromatic nitrogens is 3. The molecule has 0 saturated carbocycles. The number of hydrogen-bond acceptors (Lipinski definition) is 2. The van der Waals surface area contributed by atoms with E-state index >= 15 is 0 Å². The number of benzene rings is 3. The SMILES string of the molecule is N/C(=C\C=C1\C=CCc2cccnc2C1)c1ccc(-n2c3c(c4ccccc42)=CCC=c2c=3c3c(n2-c2ccccc2)C=CCC=C3)cc1. The average molecular weight is 633 g/mol. The number of allylic oxidation sites excluding steroid dienone is 7. The second-order valence-corrected chi connectivity index (χ2v) is 12.8. The summed E-state index contributed by atoms with van der Waals surface area (Å²) >= 11 is 0. The average Bonchev–Trinajstić information content (AvgIpc) is 3.31. The van der Waals surface area contributed by atoms with Gasteiger partial charge in [0.25, 0.3) is 0 Å². The van der Waals surface area contributed by atoms with Crippen molar-refractivity contribution in [2.75, 3.05) is 0 Å². The number of pyridine rings is 1. The van der Waals surface area contributed by atoms with Gasteiger partial charge < -0.3 is 14.9 Å². The lowest BCUT2D eigenvalue weighted by Gasteiger charge is -2.09. The molecule has 0 bridgehead atoms. The number of nitrogens with two attached hydrogens (primary N) is 1. The Morgan fingerprint density at radius 3 is 2.45 bits per heavy atom. The maximum atomic E-state index is 6.69. The van der Waals surface area contributed by atoms with Crippen molar-refractivity contribution >= 4 is 40.9 Å². The summed E-state index contributed by atoms with van der Waals surface area (Å²) in [6.45, 7) is 0. The second kappa shape index (κ2) is 12.1. The number of para-hydroxylation sites is 2. The Hall–Kier alpha value is -6.13. The van der Waals surface area contributed by atoms with Crippen molar-refractivity contribution in [2.45, 2.75) is 25.7 Å². The van der Waals surface area contributed by atoms with Gasteiger partial charge >= 0.3 is 0 Å². The first-order chi connectivity index (χ1) is 24.2. The zero-order chi connectivity index (χ0) is 32.7. The summed E-state index contributed by atoms with van der Waals surface area (Å²) < 4.78 is 4.88. The van der Waals surface area contributed by atoms with Crippen molar-refractivity contribution < 1.29 is 0 Å². The van der Waals surface area contributed by atoms with Crippen LogP contribution in [0.5, 0.6) is 0 Å². The zero-order valence-corrected chi connectivity index (χ0v) is 27.3. The third-order valence-corrected chi connectivity index (χ3v) is 9.88. The maximum absolute atomic E-state index is 6.69. The van der Waals surface area contributed by atoms with Crippen molar-refractivity contribution in [3.8, 4) is 11.4 Å². The van der Waals surface area contributed by atoms with Gasteiger partial charge in [0.2, 0.25) is 0 Å². The van der Waals surface area contributed by atoms with Gasteiger partial charge in [-0.25, -0.2) is 0 Å². The monoisotopic (exact) mass is 632 g/mol. The van der Waals surface area contributed by atoms with Crippen molar-refractivity contribution in [1.82, 2.24) is 14.1 Å². The fourth-order valence-corrected chi connectivity index (χ4v) is 7.59. The molecule has 236 valence electrons. The van der Waals surface area contributed by atoms with E-state index in [0.29, 0.717) is 0 Å². The molecule has 3 aliphatic carbocycles. The topological polar surface area (TPSA) is 48.8 Å². The number of hydrogen-bond donors (Lipinski definition) is 1. The first-order valence-corrected chi connectivity index (χ1v) is 17.1. The quantitative estimate of drug-likeness (QED) is 0.214. The normalized spacial score (nSPS) is 15.8. The van der Waals surface area contributed by atoms with Gasteiger partial charge in [0.1, 0.15) is 0 Å². The Morgan fingerprint density at radius 1 is 0.735 bits per heavy atom. The van der Waals surface area contributed by atoms with Crippen molar-refractivity contribution in [3.05, 3.63) is 188 Å². The number of fused-ring (bicyclic) bond motifs is 7. The van der Waals surface area contributed by atoms with E-state index in [1.165, 1.54) is 60.1 Å². The molecule has 0 unspecified atom stereocenters. The van der Waals surface area contributed by atoms with Crippen LogP contribution in [0.4, 0.5) is 0 Å². The van der Waals surface area contributed by atoms with Crippen LogP contribution >= 0.6 is 0 Å². The number of nitrogens with zero attached hydrogens (tertiary/aromatic N) is 3. The van der Waals surface area contributed by atoms with E-state index in [1.54, 1.807) is 0 Å². The molecule has 3 aliphatic rings. The molecule has 2 N–H and O–H groups in total. The molecule has 0 radical (unpaired) electrons.